The number of amides is 1. The lowest BCUT2D eigenvalue weighted by Crippen LogP contribution is -2.50. The summed E-state index contributed by atoms with van der Waals surface area (Å²) in [5.74, 6) is 0.261. The van der Waals surface area contributed by atoms with Crippen LogP contribution in [-0.4, -0.2) is 22.4 Å². The second-order valence-corrected chi connectivity index (χ2v) is 9.74. The van der Waals surface area contributed by atoms with Crippen molar-refractivity contribution in [2.45, 2.75) is 44.4 Å². The van der Waals surface area contributed by atoms with E-state index in [2.05, 4.69) is 31.3 Å². The molecular formula is C24H23Cl2N3O. The number of nitrogens with one attached hydrogen (secondary N) is 1. The summed E-state index contributed by atoms with van der Waals surface area (Å²) in [4.78, 5) is 23.5. The van der Waals surface area contributed by atoms with E-state index in [1.807, 2.05) is 18.2 Å². The molecule has 0 aliphatic heterocycles. The van der Waals surface area contributed by atoms with E-state index in [9.17, 15) is 4.79 Å². The van der Waals surface area contributed by atoms with Gasteiger partial charge < -0.3 is 5.32 Å². The Morgan fingerprint density at radius 1 is 1.10 bits per heavy atom. The zero-order valence-electron chi connectivity index (χ0n) is 17.0. The number of fused-ring (bicyclic) bond motifs is 6. The minimum Gasteiger partial charge on any atom is -0.355 e. The van der Waals surface area contributed by atoms with E-state index in [1.54, 1.807) is 12.1 Å². The monoisotopic (exact) mass is 439 g/mol. The molecule has 6 heteroatoms. The lowest BCUT2D eigenvalue weighted by atomic mass is 9.67. The number of halogens is 2. The first-order valence-corrected chi connectivity index (χ1v) is 11.1. The number of rotatable bonds is 4. The minimum atomic E-state index is -0.670. The molecule has 30 heavy (non-hydrogen) atoms. The van der Waals surface area contributed by atoms with Crippen molar-refractivity contribution >= 4 is 40.1 Å². The van der Waals surface area contributed by atoms with Crippen LogP contribution in [0.15, 0.2) is 42.5 Å². The van der Waals surface area contributed by atoms with Gasteiger partial charge in [-0.25, -0.2) is 9.97 Å². The Bertz CT molecular complexity index is 1160. The fourth-order valence-corrected chi connectivity index (χ4v) is 5.81. The molecule has 2 unspecified atom stereocenters. The van der Waals surface area contributed by atoms with Gasteiger partial charge in [-0.1, -0.05) is 67.4 Å². The van der Waals surface area contributed by atoms with Crippen LogP contribution in [0.5, 0.6) is 0 Å². The first-order valence-electron chi connectivity index (χ1n) is 10.3. The van der Waals surface area contributed by atoms with Crippen LogP contribution in [0.3, 0.4) is 0 Å². The average Bonchev–Trinajstić information content (AvgIpc) is 3.09. The van der Waals surface area contributed by atoms with Gasteiger partial charge in [0.2, 0.25) is 5.91 Å². The van der Waals surface area contributed by atoms with Crippen molar-refractivity contribution in [2.75, 3.05) is 6.54 Å². The normalized spacial score (nSPS) is 23.5. The van der Waals surface area contributed by atoms with E-state index in [0.717, 1.165) is 36.2 Å². The Kier molecular flexibility index (Phi) is 4.57. The lowest BCUT2D eigenvalue weighted by Gasteiger charge is -2.36. The summed E-state index contributed by atoms with van der Waals surface area (Å²) in [5, 5.41) is 4.12. The highest BCUT2D eigenvalue weighted by Gasteiger charge is 2.67. The molecule has 1 fully saturated rings. The maximum Gasteiger partial charge on any atom is 0.232 e. The van der Waals surface area contributed by atoms with Gasteiger partial charge in [0.25, 0.3) is 0 Å². The molecule has 1 amide bonds. The fraction of sp³-hybridized carbons (Fsp3) is 0.375. The number of benzene rings is 2. The van der Waals surface area contributed by atoms with Gasteiger partial charge >= 0.3 is 0 Å². The first-order chi connectivity index (χ1) is 14.3. The fourth-order valence-electron chi connectivity index (χ4n) is 5.50. The summed E-state index contributed by atoms with van der Waals surface area (Å²) < 4.78 is 0. The molecule has 1 heterocycles. The molecule has 1 N–H and O–H groups in total. The molecule has 0 radical (unpaired) electrons. The SMILES string of the molecule is CC1(C)C2CCC1(C(=O)NCCc1ccccc1)c1nc3cc(Cl)c(Cl)cc3nc12. The number of hydrogen-bond acceptors (Lipinski definition) is 3. The van der Waals surface area contributed by atoms with Gasteiger partial charge in [0, 0.05) is 12.5 Å². The number of carbonyl (C=O) groups excluding carboxylic acids is 1. The Morgan fingerprint density at radius 3 is 2.47 bits per heavy atom. The Hall–Kier alpha value is -2.17. The van der Waals surface area contributed by atoms with Crippen molar-refractivity contribution in [3.8, 4) is 0 Å². The van der Waals surface area contributed by atoms with Gasteiger partial charge in [-0.3, -0.25) is 4.79 Å². The van der Waals surface area contributed by atoms with Crippen molar-refractivity contribution < 1.29 is 4.79 Å². The second-order valence-electron chi connectivity index (χ2n) is 8.92. The van der Waals surface area contributed by atoms with Gasteiger partial charge in [0.15, 0.2) is 0 Å². The lowest BCUT2D eigenvalue weighted by molar-refractivity contribution is -0.129. The first kappa shape index (κ1) is 19.8. The third kappa shape index (κ3) is 2.70. The van der Waals surface area contributed by atoms with Gasteiger partial charge in [0.05, 0.1) is 37.9 Å². The molecule has 5 rings (SSSR count). The highest BCUT2D eigenvalue weighted by atomic mass is 35.5. The molecular weight excluding hydrogens is 417 g/mol. The number of hydrogen-bond donors (Lipinski definition) is 1. The van der Waals surface area contributed by atoms with Crippen LogP contribution in [0.4, 0.5) is 0 Å². The Balaban J connectivity index is 1.52. The summed E-state index contributed by atoms with van der Waals surface area (Å²) in [6.07, 6.45) is 2.53. The van der Waals surface area contributed by atoms with Gasteiger partial charge in [-0.05, 0) is 42.4 Å². The Morgan fingerprint density at radius 2 is 1.77 bits per heavy atom. The zero-order valence-corrected chi connectivity index (χ0v) is 18.5. The van der Waals surface area contributed by atoms with Crippen molar-refractivity contribution in [3.63, 3.8) is 0 Å². The van der Waals surface area contributed by atoms with Gasteiger partial charge in [-0.15, -0.1) is 0 Å². The van der Waals surface area contributed by atoms with Crippen LogP contribution in [0.1, 0.15) is 49.6 Å². The molecule has 154 valence electrons. The average molecular weight is 440 g/mol. The second kappa shape index (κ2) is 6.93. The molecule has 2 aliphatic carbocycles. The van der Waals surface area contributed by atoms with Crippen LogP contribution in [-0.2, 0) is 16.6 Å². The number of nitrogens with zero attached hydrogens (tertiary/aromatic N) is 2. The highest BCUT2D eigenvalue weighted by Crippen LogP contribution is 2.67. The minimum absolute atomic E-state index is 0.0541. The van der Waals surface area contributed by atoms with Crippen molar-refractivity contribution in [2.24, 2.45) is 5.41 Å². The van der Waals surface area contributed by atoms with E-state index in [1.165, 1.54) is 5.56 Å². The summed E-state index contributed by atoms with van der Waals surface area (Å²) in [6.45, 7) is 4.95. The van der Waals surface area contributed by atoms with Crippen molar-refractivity contribution in [1.29, 1.82) is 0 Å². The third-order valence-corrected chi connectivity index (χ3v) is 7.90. The predicted molar refractivity (Wildman–Crippen MR) is 120 cm³/mol. The molecule has 1 saturated carbocycles. The van der Waals surface area contributed by atoms with Crippen LogP contribution < -0.4 is 5.32 Å². The van der Waals surface area contributed by atoms with E-state index in [0.29, 0.717) is 22.1 Å². The molecule has 2 aromatic carbocycles. The number of carbonyl (C=O) groups is 1. The summed E-state index contributed by atoms with van der Waals surface area (Å²) in [7, 11) is 0. The van der Waals surface area contributed by atoms with Crippen LogP contribution >= 0.6 is 23.2 Å². The Labute approximate surface area is 186 Å². The van der Waals surface area contributed by atoms with Crippen LogP contribution in [0, 0.1) is 5.41 Å². The molecule has 3 aromatic rings. The molecule has 0 spiro atoms. The molecule has 4 nitrogen and oxygen atoms in total. The largest absolute Gasteiger partial charge is 0.355 e. The molecule has 1 aromatic heterocycles. The quantitative estimate of drug-likeness (QED) is 0.587. The topological polar surface area (TPSA) is 54.9 Å². The summed E-state index contributed by atoms with van der Waals surface area (Å²) in [5.41, 5.74) is 3.45. The molecule has 0 saturated heterocycles. The predicted octanol–water partition coefficient (Wildman–Crippen LogP) is 5.45. The number of aromatic nitrogens is 2. The maximum absolute atomic E-state index is 13.6. The van der Waals surface area contributed by atoms with Crippen molar-refractivity contribution in [3.05, 3.63) is 69.5 Å². The summed E-state index contributed by atoms with van der Waals surface area (Å²) >= 11 is 12.4. The van der Waals surface area contributed by atoms with E-state index < -0.39 is 5.41 Å². The summed E-state index contributed by atoms with van der Waals surface area (Å²) in [6, 6.07) is 13.7. The van der Waals surface area contributed by atoms with Crippen LogP contribution in [0.25, 0.3) is 11.0 Å². The molecule has 2 aliphatic rings. The smallest absolute Gasteiger partial charge is 0.232 e. The molecule has 2 bridgehead atoms. The highest BCUT2D eigenvalue weighted by molar-refractivity contribution is 6.42. The maximum atomic E-state index is 13.6. The van der Waals surface area contributed by atoms with Crippen LogP contribution in [0.2, 0.25) is 10.0 Å². The van der Waals surface area contributed by atoms with Crippen molar-refractivity contribution in [1.82, 2.24) is 15.3 Å². The van der Waals surface area contributed by atoms with Gasteiger partial charge in [0.1, 0.15) is 0 Å². The molecule has 2 atom stereocenters. The van der Waals surface area contributed by atoms with Gasteiger partial charge in [-0.2, -0.15) is 0 Å². The standard InChI is InChI=1S/C24H23Cl2N3O/c1-23(2)15-8-10-24(23,22(30)27-11-9-14-6-4-3-5-7-14)21-20(15)28-18-12-16(25)17(26)13-19(18)29-21/h3-7,12-13,15H,8-11H2,1-2H3,(H,27,30). The van der Waals surface area contributed by atoms with E-state index in [-0.39, 0.29) is 17.2 Å². The third-order valence-electron chi connectivity index (χ3n) is 7.18. The van der Waals surface area contributed by atoms with E-state index >= 15 is 0 Å². The zero-order chi connectivity index (χ0) is 21.1. The van der Waals surface area contributed by atoms with E-state index in [4.69, 9.17) is 33.2 Å².